The van der Waals surface area contributed by atoms with Crippen LogP contribution in [0.3, 0.4) is 0 Å². The van der Waals surface area contributed by atoms with Gasteiger partial charge in [0.25, 0.3) is 0 Å². The Balaban J connectivity index is 2.21. The van der Waals surface area contributed by atoms with Gasteiger partial charge in [0, 0.05) is 30.3 Å². The molecule has 3 rings (SSSR count). The molecule has 106 valence electrons. The van der Waals surface area contributed by atoms with Gasteiger partial charge in [0.1, 0.15) is 5.82 Å². The van der Waals surface area contributed by atoms with Crippen molar-refractivity contribution in [1.82, 2.24) is 9.55 Å². The summed E-state index contributed by atoms with van der Waals surface area (Å²) in [5.41, 5.74) is 13.8. The van der Waals surface area contributed by atoms with Crippen LogP contribution >= 0.6 is 0 Å². The van der Waals surface area contributed by atoms with Crippen LogP contribution < -0.4 is 5.73 Å². The Kier molecular flexibility index (Phi) is 3.17. The quantitative estimate of drug-likeness (QED) is 0.864. The second-order valence-electron chi connectivity index (χ2n) is 6.13. The average molecular weight is 269 g/mol. The maximum atomic E-state index is 6.16. The van der Waals surface area contributed by atoms with Crippen molar-refractivity contribution >= 4 is 0 Å². The van der Waals surface area contributed by atoms with Crippen molar-refractivity contribution in [3.8, 4) is 11.3 Å². The minimum absolute atomic E-state index is 0.267. The molecule has 20 heavy (non-hydrogen) atoms. The summed E-state index contributed by atoms with van der Waals surface area (Å²) in [5.74, 6) is 1.11. The van der Waals surface area contributed by atoms with Gasteiger partial charge in [0.15, 0.2) is 0 Å². The van der Waals surface area contributed by atoms with Crippen molar-refractivity contribution in [3.05, 3.63) is 40.3 Å². The van der Waals surface area contributed by atoms with Gasteiger partial charge in [-0.3, -0.25) is 0 Å². The molecule has 0 fully saturated rings. The van der Waals surface area contributed by atoms with Gasteiger partial charge in [-0.2, -0.15) is 0 Å². The minimum Gasteiger partial charge on any atom is -0.332 e. The lowest BCUT2D eigenvalue weighted by molar-refractivity contribution is 0.465. The van der Waals surface area contributed by atoms with Gasteiger partial charge in [-0.1, -0.05) is 17.7 Å². The van der Waals surface area contributed by atoms with Crippen LogP contribution in [0.5, 0.6) is 0 Å². The summed E-state index contributed by atoms with van der Waals surface area (Å²) < 4.78 is 2.34. The van der Waals surface area contributed by atoms with Crippen molar-refractivity contribution in [2.45, 2.75) is 53.1 Å². The first-order valence-corrected chi connectivity index (χ1v) is 7.37. The predicted octanol–water partition coefficient (Wildman–Crippen LogP) is 3.06. The molecular weight excluding hydrogens is 246 g/mol. The third kappa shape index (κ3) is 2.06. The fraction of sp³-hybridized carbons (Fsp3) is 0.471. The summed E-state index contributed by atoms with van der Waals surface area (Å²) in [6, 6.07) is 4.75. The molecule has 3 heteroatoms. The summed E-state index contributed by atoms with van der Waals surface area (Å²) in [6.07, 6.45) is 1.98. The van der Waals surface area contributed by atoms with Crippen molar-refractivity contribution < 1.29 is 0 Å². The first-order chi connectivity index (χ1) is 9.47. The summed E-state index contributed by atoms with van der Waals surface area (Å²) in [4.78, 5) is 4.86. The van der Waals surface area contributed by atoms with Gasteiger partial charge in [-0.25, -0.2) is 4.98 Å². The number of aryl methyl sites for hydroxylation is 4. The van der Waals surface area contributed by atoms with E-state index in [0.717, 1.165) is 30.9 Å². The highest BCUT2D eigenvalue weighted by Crippen LogP contribution is 2.33. The van der Waals surface area contributed by atoms with Crippen LogP contribution in [-0.2, 0) is 13.0 Å². The summed E-state index contributed by atoms with van der Waals surface area (Å²) in [6.45, 7) is 9.61. The first-order valence-electron chi connectivity index (χ1n) is 7.37. The number of rotatable bonds is 1. The van der Waals surface area contributed by atoms with Gasteiger partial charge in [-0.15, -0.1) is 0 Å². The molecule has 0 aliphatic carbocycles. The van der Waals surface area contributed by atoms with Crippen molar-refractivity contribution in [2.24, 2.45) is 5.73 Å². The Labute approximate surface area is 120 Å². The smallest absolute Gasteiger partial charge is 0.106 e. The van der Waals surface area contributed by atoms with Crippen LogP contribution in [0.15, 0.2) is 12.1 Å². The molecule has 0 bridgehead atoms. The molecule has 3 nitrogen and oxygen atoms in total. The number of hydrogen-bond acceptors (Lipinski definition) is 2. The molecule has 0 saturated heterocycles. The van der Waals surface area contributed by atoms with Gasteiger partial charge in [-0.05, 0) is 45.2 Å². The number of hydrogen-bond donors (Lipinski definition) is 1. The van der Waals surface area contributed by atoms with Gasteiger partial charge in [0.05, 0.1) is 5.69 Å². The average Bonchev–Trinajstić information content (AvgIpc) is 2.65. The van der Waals surface area contributed by atoms with Crippen molar-refractivity contribution in [1.29, 1.82) is 0 Å². The monoisotopic (exact) mass is 269 g/mol. The molecule has 1 aromatic heterocycles. The fourth-order valence-electron chi connectivity index (χ4n) is 3.51. The molecule has 0 radical (unpaired) electrons. The zero-order chi connectivity index (χ0) is 14.4. The number of benzene rings is 1. The highest BCUT2D eigenvalue weighted by molar-refractivity contribution is 5.71. The van der Waals surface area contributed by atoms with Crippen LogP contribution in [0.4, 0.5) is 0 Å². The maximum absolute atomic E-state index is 6.16. The normalized spacial score (nSPS) is 18.1. The lowest BCUT2D eigenvalue weighted by Gasteiger charge is -2.22. The molecular formula is C17H23N3. The van der Waals surface area contributed by atoms with E-state index in [1.165, 1.54) is 27.9 Å². The number of fused-ring (bicyclic) bond motifs is 1. The van der Waals surface area contributed by atoms with Gasteiger partial charge in [0.2, 0.25) is 0 Å². The van der Waals surface area contributed by atoms with E-state index in [4.69, 9.17) is 10.7 Å². The number of imidazole rings is 1. The highest BCUT2D eigenvalue weighted by Gasteiger charge is 2.24. The van der Waals surface area contributed by atoms with Crippen LogP contribution in [0.25, 0.3) is 11.3 Å². The summed E-state index contributed by atoms with van der Waals surface area (Å²) >= 11 is 0. The topological polar surface area (TPSA) is 43.8 Å². The Morgan fingerprint density at radius 2 is 1.80 bits per heavy atom. The molecule has 0 amide bonds. The lowest BCUT2D eigenvalue weighted by atomic mass is 9.93. The standard InChI is InChI=1S/C17H23N3/c1-10-7-11(2)16(12(3)8-10)17-15-9-14(18)5-6-20(15)13(4)19-17/h7-8,14H,5-6,9,18H2,1-4H3. The molecule has 0 spiro atoms. The zero-order valence-electron chi connectivity index (χ0n) is 12.8. The third-order valence-corrected chi connectivity index (χ3v) is 4.36. The Hall–Kier alpha value is -1.61. The summed E-state index contributed by atoms with van der Waals surface area (Å²) in [5, 5.41) is 0. The van der Waals surface area contributed by atoms with Crippen LogP contribution in [0.2, 0.25) is 0 Å². The molecule has 1 aromatic carbocycles. The molecule has 2 N–H and O–H groups in total. The van der Waals surface area contributed by atoms with Crippen molar-refractivity contribution in [3.63, 3.8) is 0 Å². The van der Waals surface area contributed by atoms with Crippen LogP contribution in [0, 0.1) is 27.7 Å². The third-order valence-electron chi connectivity index (χ3n) is 4.36. The minimum atomic E-state index is 0.267. The van der Waals surface area contributed by atoms with Gasteiger partial charge >= 0.3 is 0 Å². The molecule has 1 aliphatic heterocycles. The van der Waals surface area contributed by atoms with E-state index in [2.05, 4.69) is 44.4 Å². The number of aromatic nitrogens is 2. The van der Waals surface area contributed by atoms with Gasteiger partial charge < -0.3 is 10.3 Å². The Bertz CT molecular complexity index is 644. The van der Waals surface area contributed by atoms with E-state index >= 15 is 0 Å². The van der Waals surface area contributed by atoms with E-state index in [-0.39, 0.29) is 6.04 Å². The fourth-order valence-corrected chi connectivity index (χ4v) is 3.51. The molecule has 1 aliphatic rings. The lowest BCUT2D eigenvalue weighted by Crippen LogP contribution is -2.31. The molecule has 1 atom stereocenters. The van der Waals surface area contributed by atoms with Crippen molar-refractivity contribution in [2.75, 3.05) is 0 Å². The Morgan fingerprint density at radius 3 is 2.45 bits per heavy atom. The second-order valence-corrected chi connectivity index (χ2v) is 6.13. The number of nitrogens with two attached hydrogens (primary N) is 1. The summed E-state index contributed by atoms with van der Waals surface area (Å²) in [7, 11) is 0. The molecule has 1 unspecified atom stereocenters. The van der Waals surface area contributed by atoms with E-state index < -0.39 is 0 Å². The molecule has 2 heterocycles. The van der Waals surface area contributed by atoms with E-state index in [1.54, 1.807) is 0 Å². The largest absolute Gasteiger partial charge is 0.332 e. The maximum Gasteiger partial charge on any atom is 0.106 e. The van der Waals surface area contributed by atoms with E-state index in [0.29, 0.717) is 0 Å². The molecule has 0 saturated carbocycles. The van der Waals surface area contributed by atoms with E-state index in [1.807, 2.05) is 0 Å². The Morgan fingerprint density at radius 1 is 1.15 bits per heavy atom. The predicted molar refractivity (Wildman–Crippen MR) is 82.9 cm³/mol. The zero-order valence-corrected chi connectivity index (χ0v) is 12.8. The molecule has 2 aromatic rings. The highest BCUT2D eigenvalue weighted by atomic mass is 15.1. The van der Waals surface area contributed by atoms with E-state index in [9.17, 15) is 0 Å². The van der Waals surface area contributed by atoms with Crippen LogP contribution in [0.1, 0.15) is 34.6 Å². The second kappa shape index (κ2) is 4.74. The number of nitrogens with zero attached hydrogens (tertiary/aromatic N) is 2. The SMILES string of the molecule is Cc1cc(C)c(-c2nc(C)n3c2CC(N)CC3)c(C)c1. The first kappa shape index (κ1) is 13.4. The van der Waals surface area contributed by atoms with Crippen LogP contribution in [-0.4, -0.2) is 15.6 Å².